The van der Waals surface area contributed by atoms with Crippen molar-refractivity contribution in [2.24, 2.45) is 0 Å². The molecular formula is C18H22ClN. The molecule has 0 radical (unpaired) electrons. The first-order valence-electron chi connectivity index (χ1n) is 7.17. The second-order valence-electron chi connectivity index (χ2n) is 5.38. The van der Waals surface area contributed by atoms with Gasteiger partial charge in [-0.15, -0.1) is 0 Å². The van der Waals surface area contributed by atoms with Crippen molar-refractivity contribution in [1.82, 2.24) is 5.32 Å². The van der Waals surface area contributed by atoms with Crippen LogP contribution >= 0.6 is 11.6 Å². The first kappa shape index (κ1) is 15.1. The lowest BCUT2D eigenvalue weighted by atomic mass is 10.1. The molecule has 0 saturated carbocycles. The predicted molar refractivity (Wildman–Crippen MR) is 87.3 cm³/mol. The van der Waals surface area contributed by atoms with Crippen LogP contribution < -0.4 is 5.32 Å². The topological polar surface area (TPSA) is 12.0 Å². The number of hydrogen-bond acceptors (Lipinski definition) is 1. The molecule has 0 spiro atoms. The molecule has 0 aliphatic carbocycles. The van der Waals surface area contributed by atoms with Crippen molar-refractivity contribution >= 4 is 11.6 Å². The average Bonchev–Trinajstić information content (AvgIpc) is 2.45. The fourth-order valence-electron chi connectivity index (χ4n) is 2.27. The molecule has 0 amide bonds. The Balaban J connectivity index is 1.79. The van der Waals surface area contributed by atoms with Crippen LogP contribution in [-0.2, 0) is 13.0 Å². The molecule has 1 nitrogen and oxygen atoms in total. The lowest BCUT2D eigenvalue weighted by Crippen LogP contribution is -2.26. The third kappa shape index (κ3) is 4.66. The molecule has 0 bridgehead atoms. The van der Waals surface area contributed by atoms with Gasteiger partial charge >= 0.3 is 0 Å². The van der Waals surface area contributed by atoms with E-state index in [2.05, 4.69) is 55.6 Å². The predicted octanol–water partition coefficient (Wildman–Crippen LogP) is 4.76. The van der Waals surface area contributed by atoms with Crippen LogP contribution in [0.15, 0.2) is 48.5 Å². The lowest BCUT2D eigenvalue weighted by molar-refractivity contribution is 0.513. The summed E-state index contributed by atoms with van der Waals surface area (Å²) in [6.45, 7) is 5.25. The molecule has 2 rings (SSSR count). The zero-order valence-electron chi connectivity index (χ0n) is 12.2. The van der Waals surface area contributed by atoms with Crippen molar-refractivity contribution in [3.63, 3.8) is 0 Å². The molecule has 20 heavy (non-hydrogen) atoms. The number of hydrogen-bond donors (Lipinski definition) is 1. The fraction of sp³-hybridized carbons (Fsp3) is 0.333. The Morgan fingerprint density at radius 2 is 1.85 bits per heavy atom. The van der Waals surface area contributed by atoms with Crippen LogP contribution in [0.4, 0.5) is 0 Å². The van der Waals surface area contributed by atoms with Crippen LogP contribution in [-0.4, -0.2) is 6.04 Å². The SMILES string of the molecule is Cc1cc(Cl)ccc1CNC(C)CCc1ccccc1. The van der Waals surface area contributed by atoms with E-state index >= 15 is 0 Å². The van der Waals surface area contributed by atoms with Gasteiger partial charge in [0.2, 0.25) is 0 Å². The maximum atomic E-state index is 5.98. The molecule has 2 heteroatoms. The maximum Gasteiger partial charge on any atom is 0.0408 e. The van der Waals surface area contributed by atoms with E-state index in [1.165, 1.54) is 16.7 Å². The summed E-state index contributed by atoms with van der Waals surface area (Å²) in [5.74, 6) is 0. The normalized spacial score (nSPS) is 12.3. The van der Waals surface area contributed by atoms with Gasteiger partial charge < -0.3 is 5.32 Å². The van der Waals surface area contributed by atoms with Crippen molar-refractivity contribution < 1.29 is 0 Å². The fourth-order valence-corrected chi connectivity index (χ4v) is 2.50. The molecular weight excluding hydrogens is 266 g/mol. The van der Waals surface area contributed by atoms with Crippen molar-refractivity contribution in [3.05, 3.63) is 70.2 Å². The van der Waals surface area contributed by atoms with Crippen LogP contribution in [0.2, 0.25) is 5.02 Å². The largest absolute Gasteiger partial charge is 0.310 e. The average molecular weight is 288 g/mol. The standard InChI is InChI=1S/C18H22ClN/c1-14-12-18(19)11-10-17(14)13-20-15(2)8-9-16-6-4-3-5-7-16/h3-7,10-12,15,20H,8-9,13H2,1-2H3. The van der Waals surface area contributed by atoms with E-state index in [4.69, 9.17) is 11.6 Å². The summed E-state index contributed by atoms with van der Waals surface area (Å²) in [5.41, 5.74) is 3.98. The van der Waals surface area contributed by atoms with Crippen LogP contribution in [0.25, 0.3) is 0 Å². The highest BCUT2D eigenvalue weighted by atomic mass is 35.5. The molecule has 0 saturated heterocycles. The Hall–Kier alpha value is -1.31. The van der Waals surface area contributed by atoms with Gasteiger partial charge in [-0.25, -0.2) is 0 Å². The Kier molecular flexibility index (Phi) is 5.63. The van der Waals surface area contributed by atoms with E-state index in [0.717, 1.165) is 24.4 Å². The van der Waals surface area contributed by atoms with Crippen molar-refractivity contribution in [3.8, 4) is 0 Å². The number of aryl methyl sites for hydroxylation is 2. The third-order valence-corrected chi connectivity index (χ3v) is 3.89. The smallest absolute Gasteiger partial charge is 0.0408 e. The highest BCUT2D eigenvalue weighted by molar-refractivity contribution is 6.30. The van der Waals surface area contributed by atoms with Gasteiger partial charge in [0.05, 0.1) is 0 Å². The summed E-state index contributed by atoms with van der Waals surface area (Å²) in [6.07, 6.45) is 2.27. The summed E-state index contributed by atoms with van der Waals surface area (Å²) in [4.78, 5) is 0. The maximum absolute atomic E-state index is 5.98. The summed E-state index contributed by atoms with van der Waals surface area (Å²) >= 11 is 5.98. The Morgan fingerprint density at radius 3 is 2.55 bits per heavy atom. The summed E-state index contributed by atoms with van der Waals surface area (Å²) in [6, 6.07) is 17.2. The van der Waals surface area contributed by atoms with E-state index in [0.29, 0.717) is 6.04 Å². The van der Waals surface area contributed by atoms with E-state index < -0.39 is 0 Å². The summed E-state index contributed by atoms with van der Waals surface area (Å²) in [5, 5.41) is 4.40. The third-order valence-electron chi connectivity index (χ3n) is 3.65. The zero-order chi connectivity index (χ0) is 14.4. The summed E-state index contributed by atoms with van der Waals surface area (Å²) in [7, 11) is 0. The van der Waals surface area contributed by atoms with Gasteiger partial charge in [-0.1, -0.05) is 48.0 Å². The lowest BCUT2D eigenvalue weighted by Gasteiger charge is -2.15. The Bertz CT molecular complexity index is 536. The molecule has 0 aliphatic rings. The van der Waals surface area contributed by atoms with E-state index in [9.17, 15) is 0 Å². The minimum Gasteiger partial charge on any atom is -0.310 e. The van der Waals surface area contributed by atoms with Crippen LogP contribution in [0.1, 0.15) is 30.0 Å². The van der Waals surface area contributed by atoms with Gasteiger partial charge in [0.25, 0.3) is 0 Å². The van der Waals surface area contributed by atoms with Crippen molar-refractivity contribution in [2.45, 2.75) is 39.3 Å². The molecule has 0 aliphatic heterocycles. The number of benzene rings is 2. The highest BCUT2D eigenvalue weighted by Gasteiger charge is 2.04. The van der Waals surface area contributed by atoms with Gasteiger partial charge in [0, 0.05) is 17.6 Å². The van der Waals surface area contributed by atoms with E-state index in [-0.39, 0.29) is 0 Å². The van der Waals surface area contributed by atoms with E-state index in [1.54, 1.807) is 0 Å². The molecule has 2 aromatic carbocycles. The van der Waals surface area contributed by atoms with Gasteiger partial charge in [-0.2, -0.15) is 0 Å². The van der Waals surface area contributed by atoms with Crippen LogP contribution in [0, 0.1) is 6.92 Å². The molecule has 0 aromatic heterocycles. The second kappa shape index (κ2) is 7.47. The number of rotatable bonds is 6. The van der Waals surface area contributed by atoms with Gasteiger partial charge in [0.15, 0.2) is 0 Å². The second-order valence-corrected chi connectivity index (χ2v) is 5.81. The molecule has 1 N–H and O–H groups in total. The first-order chi connectivity index (χ1) is 9.65. The molecule has 2 aromatic rings. The minimum atomic E-state index is 0.505. The monoisotopic (exact) mass is 287 g/mol. The van der Waals surface area contributed by atoms with E-state index in [1.807, 2.05) is 12.1 Å². The first-order valence-corrected chi connectivity index (χ1v) is 7.55. The van der Waals surface area contributed by atoms with Crippen LogP contribution in [0.5, 0.6) is 0 Å². The van der Waals surface area contributed by atoms with Crippen LogP contribution in [0.3, 0.4) is 0 Å². The minimum absolute atomic E-state index is 0.505. The quantitative estimate of drug-likeness (QED) is 0.808. The number of halogens is 1. The zero-order valence-corrected chi connectivity index (χ0v) is 13.0. The molecule has 1 unspecified atom stereocenters. The van der Waals surface area contributed by atoms with Crippen molar-refractivity contribution in [1.29, 1.82) is 0 Å². The summed E-state index contributed by atoms with van der Waals surface area (Å²) < 4.78 is 0. The molecule has 0 fully saturated rings. The highest BCUT2D eigenvalue weighted by Crippen LogP contribution is 2.15. The van der Waals surface area contributed by atoms with Crippen molar-refractivity contribution in [2.75, 3.05) is 0 Å². The molecule has 106 valence electrons. The Labute approximate surface area is 127 Å². The van der Waals surface area contributed by atoms with Gasteiger partial charge in [0.1, 0.15) is 0 Å². The molecule has 1 atom stereocenters. The molecule has 0 heterocycles. The van der Waals surface area contributed by atoms with Gasteiger partial charge in [-0.3, -0.25) is 0 Å². The Morgan fingerprint density at radius 1 is 1.10 bits per heavy atom. The number of nitrogens with one attached hydrogen (secondary N) is 1. The van der Waals surface area contributed by atoms with Gasteiger partial charge in [-0.05, 0) is 55.5 Å².